The summed E-state index contributed by atoms with van der Waals surface area (Å²) in [5, 5.41) is 7.02. The molecule has 1 aliphatic rings. The normalized spacial score (nSPS) is 14.0. The van der Waals surface area contributed by atoms with Crippen LogP contribution in [0, 0.1) is 0 Å². The molecule has 0 saturated carbocycles. The van der Waals surface area contributed by atoms with Crippen LogP contribution >= 0.6 is 0 Å². The van der Waals surface area contributed by atoms with Crippen LogP contribution in [0.25, 0.3) is 22.8 Å². The van der Waals surface area contributed by atoms with Crippen LogP contribution in [-0.2, 0) is 12.7 Å². The molecule has 3 aromatic rings. The Morgan fingerprint density at radius 2 is 1.96 bits per heavy atom. The van der Waals surface area contributed by atoms with E-state index in [-0.39, 0.29) is 23.0 Å². The van der Waals surface area contributed by atoms with Crippen molar-refractivity contribution in [2.45, 2.75) is 12.7 Å². The van der Waals surface area contributed by atoms with Crippen LogP contribution in [0.5, 0.6) is 0 Å². The average Bonchev–Trinajstić information content (AvgIpc) is 3.07. The molecule has 3 N–H and O–H groups in total. The standard InChI is InChI=1S/C17H13F3N6O/c18-17(19,20)11-7-9(21)1-2-10(11)15-22-4-3-12(24-15)13-8-14-16(27)23-5-6-26(14)25-13/h1-4,7-8H,5-6,21H2,(H,23,27). The fourth-order valence-electron chi connectivity index (χ4n) is 2.88. The van der Waals surface area contributed by atoms with Gasteiger partial charge < -0.3 is 11.1 Å². The molecule has 138 valence electrons. The topological polar surface area (TPSA) is 98.7 Å². The van der Waals surface area contributed by atoms with Gasteiger partial charge in [-0.3, -0.25) is 9.48 Å². The molecule has 0 radical (unpaired) electrons. The number of aromatic nitrogens is 4. The molecule has 0 fully saturated rings. The maximum Gasteiger partial charge on any atom is 0.417 e. The Labute approximate surface area is 151 Å². The first kappa shape index (κ1) is 17.0. The van der Waals surface area contributed by atoms with Crippen molar-refractivity contribution in [1.29, 1.82) is 0 Å². The summed E-state index contributed by atoms with van der Waals surface area (Å²) in [6.45, 7) is 0.970. The van der Waals surface area contributed by atoms with Gasteiger partial charge in [-0.1, -0.05) is 0 Å². The molecule has 0 aliphatic carbocycles. The molecule has 1 amide bonds. The number of carbonyl (C=O) groups excluding carboxylic acids is 1. The van der Waals surface area contributed by atoms with Gasteiger partial charge in [0.15, 0.2) is 5.82 Å². The Balaban J connectivity index is 1.80. The van der Waals surface area contributed by atoms with E-state index in [1.807, 2.05) is 0 Å². The summed E-state index contributed by atoms with van der Waals surface area (Å²) in [5.74, 6) is -0.359. The largest absolute Gasteiger partial charge is 0.417 e. The van der Waals surface area contributed by atoms with Gasteiger partial charge in [-0.05, 0) is 30.3 Å². The zero-order valence-corrected chi connectivity index (χ0v) is 13.8. The van der Waals surface area contributed by atoms with Crippen LogP contribution in [0.2, 0.25) is 0 Å². The minimum atomic E-state index is -4.60. The number of benzene rings is 1. The van der Waals surface area contributed by atoms with Gasteiger partial charge in [-0.2, -0.15) is 18.3 Å². The van der Waals surface area contributed by atoms with E-state index in [1.165, 1.54) is 24.4 Å². The first-order valence-corrected chi connectivity index (χ1v) is 7.99. The number of nitrogens with one attached hydrogen (secondary N) is 1. The number of rotatable bonds is 2. The molecule has 0 saturated heterocycles. The molecule has 2 aromatic heterocycles. The second-order valence-electron chi connectivity index (χ2n) is 5.96. The molecule has 1 aromatic carbocycles. The molecule has 3 heterocycles. The fourth-order valence-corrected chi connectivity index (χ4v) is 2.88. The number of halogens is 3. The Morgan fingerprint density at radius 3 is 2.70 bits per heavy atom. The number of nitrogen functional groups attached to an aromatic ring is 1. The maximum absolute atomic E-state index is 13.4. The highest BCUT2D eigenvalue weighted by Crippen LogP contribution is 2.37. The lowest BCUT2D eigenvalue weighted by molar-refractivity contribution is -0.137. The van der Waals surface area contributed by atoms with Crippen LogP contribution in [0.3, 0.4) is 0 Å². The van der Waals surface area contributed by atoms with E-state index >= 15 is 0 Å². The van der Waals surface area contributed by atoms with Crippen molar-refractivity contribution >= 4 is 11.6 Å². The van der Waals surface area contributed by atoms with Gasteiger partial charge in [0, 0.05) is 24.0 Å². The van der Waals surface area contributed by atoms with Crippen LogP contribution in [0.1, 0.15) is 16.1 Å². The summed E-state index contributed by atoms with van der Waals surface area (Å²) in [5.41, 5.74) is 5.48. The number of anilines is 1. The summed E-state index contributed by atoms with van der Waals surface area (Å²) in [4.78, 5) is 20.1. The van der Waals surface area contributed by atoms with Crippen molar-refractivity contribution < 1.29 is 18.0 Å². The third-order valence-electron chi connectivity index (χ3n) is 4.13. The number of amides is 1. The third kappa shape index (κ3) is 3.09. The Morgan fingerprint density at radius 1 is 1.15 bits per heavy atom. The Kier molecular flexibility index (Phi) is 3.83. The van der Waals surface area contributed by atoms with Crippen LogP contribution in [-0.4, -0.2) is 32.2 Å². The lowest BCUT2D eigenvalue weighted by Gasteiger charge is -2.13. The molecule has 10 heteroatoms. The molecule has 4 rings (SSSR count). The predicted octanol–water partition coefficient (Wildman–Crippen LogP) is 2.35. The summed E-state index contributed by atoms with van der Waals surface area (Å²) < 4.78 is 41.6. The van der Waals surface area contributed by atoms with Crippen molar-refractivity contribution in [3.8, 4) is 22.8 Å². The third-order valence-corrected chi connectivity index (χ3v) is 4.13. The lowest BCUT2D eigenvalue weighted by Crippen LogP contribution is -2.35. The second kappa shape index (κ2) is 6.08. The zero-order chi connectivity index (χ0) is 19.2. The van der Waals surface area contributed by atoms with Crippen LogP contribution in [0.4, 0.5) is 18.9 Å². The number of fused-ring (bicyclic) bond motifs is 1. The van der Waals surface area contributed by atoms with Crippen LogP contribution in [0.15, 0.2) is 36.5 Å². The first-order chi connectivity index (χ1) is 12.8. The minimum Gasteiger partial charge on any atom is -0.399 e. The van der Waals surface area contributed by atoms with Gasteiger partial charge in [0.25, 0.3) is 5.91 Å². The van der Waals surface area contributed by atoms with Gasteiger partial charge in [0.2, 0.25) is 0 Å². The molecule has 0 bridgehead atoms. The van der Waals surface area contributed by atoms with E-state index < -0.39 is 11.7 Å². The van der Waals surface area contributed by atoms with E-state index in [4.69, 9.17) is 5.73 Å². The smallest absolute Gasteiger partial charge is 0.399 e. The summed E-state index contributed by atoms with van der Waals surface area (Å²) in [6, 6.07) is 6.53. The van der Waals surface area contributed by atoms with E-state index in [9.17, 15) is 18.0 Å². The highest BCUT2D eigenvalue weighted by atomic mass is 19.4. The fraction of sp³-hybridized carbons (Fsp3) is 0.176. The van der Waals surface area contributed by atoms with E-state index in [2.05, 4.69) is 20.4 Å². The number of hydrogen-bond donors (Lipinski definition) is 2. The van der Waals surface area contributed by atoms with Gasteiger partial charge in [0.05, 0.1) is 17.8 Å². The summed E-state index contributed by atoms with van der Waals surface area (Å²) >= 11 is 0. The number of alkyl halides is 3. The highest BCUT2D eigenvalue weighted by Gasteiger charge is 2.34. The number of nitrogens with zero attached hydrogens (tertiary/aromatic N) is 4. The van der Waals surface area contributed by atoms with Crippen molar-refractivity contribution in [2.24, 2.45) is 0 Å². The van der Waals surface area contributed by atoms with Gasteiger partial charge in [-0.15, -0.1) is 0 Å². The van der Waals surface area contributed by atoms with E-state index in [1.54, 1.807) is 10.7 Å². The predicted molar refractivity (Wildman–Crippen MR) is 90.4 cm³/mol. The van der Waals surface area contributed by atoms with E-state index in [0.717, 1.165) is 6.07 Å². The molecule has 1 aliphatic heterocycles. The number of nitrogens with two attached hydrogens (primary N) is 1. The molecule has 7 nitrogen and oxygen atoms in total. The average molecular weight is 374 g/mol. The van der Waals surface area contributed by atoms with Crippen molar-refractivity contribution in [2.75, 3.05) is 12.3 Å². The lowest BCUT2D eigenvalue weighted by atomic mass is 10.1. The molecular formula is C17H13F3N6O. The van der Waals surface area contributed by atoms with E-state index in [0.29, 0.717) is 30.2 Å². The van der Waals surface area contributed by atoms with Gasteiger partial charge in [-0.25, -0.2) is 9.97 Å². The minimum absolute atomic E-state index is 0.00461. The highest BCUT2D eigenvalue weighted by molar-refractivity contribution is 5.94. The molecule has 0 unspecified atom stereocenters. The molecule has 0 spiro atoms. The van der Waals surface area contributed by atoms with Gasteiger partial charge >= 0.3 is 6.18 Å². The van der Waals surface area contributed by atoms with Crippen molar-refractivity contribution in [3.05, 3.63) is 47.8 Å². The van der Waals surface area contributed by atoms with Gasteiger partial charge in [0.1, 0.15) is 11.4 Å². The monoisotopic (exact) mass is 374 g/mol. The quantitative estimate of drug-likeness (QED) is 0.671. The second-order valence-corrected chi connectivity index (χ2v) is 5.96. The Hall–Kier alpha value is -3.43. The van der Waals surface area contributed by atoms with Crippen molar-refractivity contribution in [1.82, 2.24) is 25.1 Å². The van der Waals surface area contributed by atoms with Crippen LogP contribution < -0.4 is 11.1 Å². The summed E-state index contributed by atoms with van der Waals surface area (Å²) in [7, 11) is 0. The molecule has 0 atom stereocenters. The molecular weight excluding hydrogens is 361 g/mol. The van der Waals surface area contributed by atoms with Crippen molar-refractivity contribution in [3.63, 3.8) is 0 Å². The number of carbonyl (C=O) groups is 1. The first-order valence-electron chi connectivity index (χ1n) is 7.99. The molecule has 27 heavy (non-hydrogen) atoms. The summed E-state index contributed by atoms with van der Waals surface area (Å²) in [6.07, 6.45) is -3.25. The Bertz CT molecular complexity index is 1040. The SMILES string of the molecule is Nc1ccc(-c2nccc(-c3cc4n(n3)CCNC4=O)n2)c(C(F)(F)F)c1. The zero-order valence-electron chi connectivity index (χ0n) is 13.8. The number of hydrogen-bond acceptors (Lipinski definition) is 5. The maximum atomic E-state index is 13.4.